The lowest BCUT2D eigenvalue weighted by Gasteiger charge is -2.23. The molecule has 82 valence electrons. The minimum atomic E-state index is -0.946. The predicted octanol–water partition coefficient (Wildman–Crippen LogP) is 2.39. The van der Waals surface area contributed by atoms with Crippen LogP contribution in [0.5, 0.6) is 0 Å². The van der Waals surface area contributed by atoms with Gasteiger partial charge in [0.05, 0.1) is 5.02 Å². The summed E-state index contributed by atoms with van der Waals surface area (Å²) >= 11 is 5.59. The van der Waals surface area contributed by atoms with Crippen LogP contribution in [-0.2, 0) is 4.79 Å². The summed E-state index contributed by atoms with van der Waals surface area (Å²) < 4.78 is 12.9. The Morgan fingerprint density at radius 2 is 2.20 bits per heavy atom. The molecule has 1 aromatic rings. The van der Waals surface area contributed by atoms with E-state index in [2.05, 4.69) is 0 Å². The molecule has 1 aromatic carbocycles. The van der Waals surface area contributed by atoms with Crippen LogP contribution in [0.3, 0.4) is 0 Å². The number of hydrogen-bond donors (Lipinski definition) is 1. The minimum absolute atomic E-state index is 0.0167. The monoisotopic (exact) mass is 231 g/mol. The zero-order chi connectivity index (χ0) is 11.6. The van der Waals surface area contributed by atoms with Gasteiger partial charge in [-0.2, -0.15) is 0 Å². The van der Waals surface area contributed by atoms with Crippen LogP contribution in [0.15, 0.2) is 18.2 Å². The molecule has 1 rings (SSSR count). The van der Waals surface area contributed by atoms with Gasteiger partial charge >= 0.3 is 5.97 Å². The molecule has 3 nitrogen and oxygen atoms in total. The van der Waals surface area contributed by atoms with E-state index in [9.17, 15) is 9.18 Å². The van der Waals surface area contributed by atoms with Crippen LogP contribution in [0.4, 0.5) is 10.1 Å². The van der Waals surface area contributed by atoms with E-state index in [0.29, 0.717) is 5.69 Å². The van der Waals surface area contributed by atoms with E-state index in [4.69, 9.17) is 16.7 Å². The number of carbonyl (C=O) groups is 1. The Morgan fingerprint density at radius 1 is 1.60 bits per heavy atom. The van der Waals surface area contributed by atoms with E-state index in [1.165, 1.54) is 23.1 Å². The molecule has 0 heterocycles. The van der Waals surface area contributed by atoms with Gasteiger partial charge in [0, 0.05) is 12.7 Å². The van der Waals surface area contributed by atoms with Crippen molar-refractivity contribution in [2.75, 3.05) is 11.9 Å². The molecular weight excluding hydrogens is 221 g/mol. The lowest BCUT2D eigenvalue weighted by Crippen LogP contribution is -2.35. The molecule has 0 saturated carbocycles. The van der Waals surface area contributed by atoms with Gasteiger partial charge in [-0.05, 0) is 25.1 Å². The highest BCUT2D eigenvalue weighted by Gasteiger charge is 2.17. The standard InChI is InChI=1S/C10H11ClFNO2/c1-6(10(14)15)13(2)7-3-4-9(12)8(11)5-7/h3-6H,1-2H3,(H,14,15). The second-order valence-electron chi connectivity index (χ2n) is 3.22. The lowest BCUT2D eigenvalue weighted by molar-refractivity contribution is -0.138. The van der Waals surface area contributed by atoms with Gasteiger partial charge in [-0.25, -0.2) is 9.18 Å². The molecule has 0 aliphatic carbocycles. The van der Waals surface area contributed by atoms with Crippen LogP contribution in [0.25, 0.3) is 0 Å². The van der Waals surface area contributed by atoms with Gasteiger partial charge in [-0.15, -0.1) is 0 Å². The first-order valence-corrected chi connectivity index (χ1v) is 4.72. The Balaban J connectivity index is 2.96. The first kappa shape index (κ1) is 11.8. The van der Waals surface area contributed by atoms with Crippen LogP contribution in [-0.4, -0.2) is 24.2 Å². The summed E-state index contributed by atoms with van der Waals surface area (Å²) in [6, 6.07) is 3.41. The SMILES string of the molecule is CC(C(=O)O)N(C)c1ccc(F)c(Cl)c1. The third-order valence-electron chi connectivity index (χ3n) is 2.25. The molecule has 1 atom stereocenters. The molecule has 0 aliphatic heterocycles. The smallest absolute Gasteiger partial charge is 0.326 e. The van der Waals surface area contributed by atoms with Gasteiger partial charge in [0.15, 0.2) is 0 Å². The van der Waals surface area contributed by atoms with Crippen molar-refractivity contribution >= 4 is 23.3 Å². The average Bonchev–Trinajstić information content (AvgIpc) is 2.19. The molecular formula is C10H11ClFNO2. The highest BCUT2D eigenvalue weighted by Crippen LogP contribution is 2.22. The average molecular weight is 232 g/mol. The zero-order valence-corrected chi connectivity index (χ0v) is 9.12. The molecule has 0 bridgehead atoms. The molecule has 0 aromatic heterocycles. The normalized spacial score (nSPS) is 12.3. The fourth-order valence-corrected chi connectivity index (χ4v) is 1.27. The molecule has 0 radical (unpaired) electrons. The number of likely N-dealkylation sites (N-methyl/N-ethyl adjacent to an activating group) is 1. The second kappa shape index (κ2) is 4.49. The maximum Gasteiger partial charge on any atom is 0.326 e. The van der Waals surface area contributed by atoms with Gasteiger partial charge < -0.3 is 10.0 Å². The number of carboxylic acids is 1. The van der Waals surface area contributed by atoms with Crippen molar-refractivity contribution in [3.05, 3.63) is 29.0 Å². The van der Waals surface area contributed by atoms with Crippen molar-refractivity contribution in [1.29, 1.82) is 0 Å². The third-order valence-corrected chi connectivity index (χ3v) is 2.54. The zero-order valence-electron chi connectivity index (χ0n) is 8.37. The largest absolute Gasteiger partial charge is 0.480 e. The lowest BCUT2D eigenvalue weighted by atomic mass is 10.2. The molecule has 0 saturated heterocycles. The molecule has 1 unspecified atom stereocenters. The summed E-state index contributed by atoms with van der Waals surface area (Å²) in [5, 5.41) is 8.77. The Bertz CT molecular complexity index is 384. The summed E-state index contributed by atoms with van der Waals surface area (Å²) in [5.74, 6) is -1.46. The number of anilines is 1. The first-order chi connectivity index (χ1) is 6.93. The molecule has 15 heavy (non-hydrogen) atoms. The number of rotatable bonds is 3. The highest BCUT2D eigenvalue weighted by atomic mass is 35.5. The van der Waals surface area contributed by atoms with Gasteiger partial charge in [0.25, 0.3) is 0 Å². The fourth-order valence-electron chi connectivity index (χ4n) is 1.09. The summed E-state index contributed by atoms with van der Waals surface area (Å²) in [6.07, 6.45) is 0. The fraction of sp³-hybridized carbons (Fsp3) is 0.300. The Labute approximate surface area is 92.1 Å². The maximum absolute atomic E-state index is 12.9. The molecule has 0 aliphatic rings. The number of benzene rings is 1. The van der Waals surface area contributed by atoms with E-state index >= 15 is 0 Å². The molecule has 0 amide bonds. The van der Waals surface area contributed by atoms with Gasteiger partial charge in [-0.3, -0.25) is 0 Å². The van der Waals surface area contributed by atoms with E-state index < -0.39 is 17.8 Å². The van der Waals surface area contributed by atoms with Crippen LogP contribution in [0.2, 0.25) is 5.02 Å². The number of carboxylic acid groups (broad SMARTS) is 1. The van der Waals surface area contributed by atoms with E-state index in [1.807, 2.05) is 0 Å². The van der Waals surface area contributed by atoms with Crippen molar-refractivity contribution in [1.82, 2.24) is 0 Å². The van der Waals surface area contributed by atoms with Crippen LogP contribution in [0, 0.1) is 5.82 Å². The Hall–Kier alpha value is -1.29. The van der Waals surface area contributed by atoms with Crippen molar-refractivity contribution in [2.24, 2.45) is 0 Å². The molecule has 5 heteroatoms. The first-order valence-electron chi connectivity index (χ1n) is 4.34. The maximum atomic E-state index is 12.9. The number of aliphatic carboxylic acids is 1. The topological polar surface area (TPSA) is 40.5 Å². The van der Waals surface area contributed by atoms with Crippen molar-refractivity contribution in [3.63, 3.8) is 0 Å². The van der Waals surface area contributed by atoms with Crippen LogP contribution in [0.1, 0.15) is 6.92 Å². The number of halogens is 2. The van der Waals surface area contributed by atoms with Crippen molar-refractivity contribution in [2.45, 2.75) is 13.0 Å². The number of hydrogen-bond acceptors (Lipinski definition) is 2. The van der Waals surface area contributed by atoms with Gasteiger partial charge in [0.2, 0.25) is 0 Å². The minimum Gasteiger partial charge on any atom is -0.480 e. The summed E-state index contributed by atoms with van der Waals surface area (Å²) in [6.45, 7) is 1.54. The molecule has 1 N–H and O–H groups in total. The summed E-state index contributed by atoms with van der Waals surface area (Å²) in [4.78, 5) is 12.2. The third kappa shape index (κ3) is 2.59. The second-order valence-corrected chi connectivity index (χ2v) is 3.63. The van der Waals surface area contributed by atoms with Crippen LogP contribution < -0.4 is 4.90 Å². The van der Waals surface area contributed by atoms with Crippen LogP contribution >= 0.6 is 11.6 Å². The Morgan fingerprint density at radius 3 is 2.67 bits per heavy atom. The highest BCUT2D eigenvalue weighted by molar-refractivity contribution is 6.31. The van der Waals surface area contributed by atoms with Crippen molar-refractivity contribution < 1.29 is 14.3 Å². The van der Waals surface area contributed by atoms with Gasteiger partial charge in [-0.1, -0.05) is 11.6 Å². The molecule has 0 fully saturated rings. The van der Waals surface area contributed by atoms with E-state index in [-0.39, 0.29) is 5.02 Å². The van der Waals surface area contributed by atoms with E-state index in [1.54, 1.807) is 14.0 Å². The predicted molar refractivity (Wildman–Crippen MR) is 56.9 cm³/mol. The summed E-state index contributed by atoms with van der Waals surface area (Å²) in [7, 11) is 1.61. The molecule has 0 spiro atoms. The van der Waals surface area contributed by atoms with E-state index in [0.717, 1.165) is 0 Å². The van der Waals surface area contributed by atoms with Gasteiger partial charge in [0.1, 0.15) is 11.9 Å². The summed E-state index contributed by atoms with van der Waals surface area (Å²) in [5.41, 5.74) is 0.566. The Kier molecular flexibility index (Phi) is 3.52. The quantitative estimate of drug-likeness (QED) is 0.869. The van der Waals surface area contributed by atoms with Crippen molar-refractivity contribution in [3.8, 4) is 0 Å². The number of nitrogens with zero attached hydrogens (tertiary/aromatic N) is 1.